The van der Waals surface area contributed by atoms with Crippen LogP contribution in [0.4, 0.5) is 5.69 Å². The summed E-state index contributed by atoms with van der Waals surface area (Å²) in [6, 6.07) is 11.9. The fraction of sp³-hybridized carbons (Fsp3) is 0.423. The Morgan fingerprint density at radius 3 is 2.91 bits per heavy atom. The Bertz CT molecular complexity index is 1190. The first kappa shape index (κ1) is 22.6. The smallest absolute Gasteiger partial charge is 0.262 e. The van der Waals surface area contributed by atoms with Crippen molar-refractivity contribution < 1.29 is 19.4 Å². The number of methoxy groups -OCH3 is 1. The van der Waals surface area contributed by atoms with Crippen LogP contribution in [-0.2, 0) is 17.8 Å². The molecule has 8 heteroatoms. The number of hydrogen-bond donors (Lipinski definition) is 3. The van der Waals surface area contributed by atoms with Crippen LogP contribution in [0, 0.1) is 0 Å². The zero-order valence-electron chi connectivity index (χ0n) is 19.3. The van der Waals surface area contributed by atoms with Crippen LogP contribution >= 0.6 is 0 Å². The third-order valence-electron chi connectivity index (χ3n) is 6.90. The molecule has 0 spiro atoms. The summed E-state index contributed by atoms with van der Waals surface area (Å²) in [5.41, 5.74) is 3.92. The third-order valence-corrected chi connectivity index (χ3v) is 6.90. The Morgan fingerprint density at radius 2 is 2.09 bits per heavy atom. The van der Waals surface area contributed by atoms with Gasteiger partial charge in [-0.25, -0.2) is 4.98 Å². The molecule has 3 N–H and O–H groups in total. The summed E-state index contributed by atoms with van der Waals surface area (Å²) in [5, 5.41) is 17.7. The summed E-state index contributed by atoms with van der Waals surface area (Å²) in [6.07, 6.45) is 6.61. The molecule has 1 aliphatic heterocycles. The van der Waals surface area contributed by atoms with Crippen LogP contribution in [0.5, 0.6) is 11.6 Å². The number of aryl methyl sites for hydroxylation is 1. The van der Waals surface area contributed by atoms with Crippen LogP contribution < -0.4 is 20.1 Å². The predicted molar refractivity (Wildman–Crippen MR) is 129 cm³/mol. The lowest BCUT2D eigenvalue weighted by Gasteiger charge is -2.36. The lowest BCUT2D eigenvalue weighted by Crippen LogP contribution is -2.41. The average Bonchev–Trinajstić information content (AvgIpc) is 2.86. The van der Waals surface area contributed by atoms with Gasteiger partial charge in [0.15, 0.2) is 6.61 Å². The van der Waals surface area contributed by atoms with Gasteiger partial charge in [-0.1, -0.05) is 6.07 Å². The van der Waals surface area contributed by atoms with Crippen molar-refractivity contribution in [3.8, 4) is 11.6 Å². The first-order valence-corrected chi connectivity index (χ1v) is 11.8. The number of nitrogens with zero attached hydrogens (tertiary/aromatic N) is 2. The largest absolute Gasteiger partial charge is 0.482 e. The zero-order valence-corrected chi connectivity index (χ0v) is 19.3. The van der Waals surface area contributed by atoms with Crippen LogP contribution in [0.2, 0.25) is 0 Å². The standard InChI is InChI=1S/C26H30N4O4/c1-33-24-5-3-20-25(30-24)18(9-13-27-20)6-10-26(32)11-7-19(8-12-26)28-15-17-2-4-22-21(14-17)29-23(31)16-34-22/h2-5,9,13-14,19,28,32H,6-8,10-12,15-16H2,1H3,(H,29,31). The molecule has 8 nitrogen and oxygen atoms in total. The Hall–Kier alpha value is -3.23. The first-order valence-electron chi connectivity index (χ1n) is 11.8. The predicted octanol–water partition coefficient (Wildman–Crippen LogP) is 3.37. The number of fused-ring (bicyclic) bond motifs is 2. The van der Waals surface area contributed by atoms with E-state index in [1.807, 2.05) is 36.4 Å². The van der Waals surface area contributed by atoms with Crippen molar-refractivity contribution in [2.24, 2.45) is 0 Å². The highest BCUT2D eigenvalue weighted by atomic mass is 16.5. The fourth-order valence-electron chi connectivity index (χ4n) is 4.86. The van der Waals surface area contributed by atoms with Crippen LogP contribution in [0.3, 0.4) is 0 Å². The number of amides is 1. The number of rotatable bonds is 7. The van der Waals surface area contributed by atoms with Crippen molar-refractivity contribution in [2.45, 2.75) is 56.7 Å². The molecule has 1 amide bonds. The van der Waals surface area contributed by atoms with Gasteiger partial charge in [-0.05, 0) is 73.9 Å². The van der Waals surface area contributed by atoms with Crippen LogP contribution in [0.1, 0.15) is 43.2 Å². The number of anilines is 1. The normalized spacial score (nSPS) is 22.1. The highest BCUT2D eigenvalue weighted by Gasteiger charge is 2.33. The Labute approximate surface area is 198 Å². The average molecular weight is 463 g/mol. The molecule has 2 aromatic heterocycles. The highest BCUT2D eigenvalue weighted by molar-refractivity contribution is 5.95. The molecule has 0 atom stereocenters. The number of benzene rings is 1. The van der Waals surface area contributed by atoms with E-state index in [9.17, 15) is 9.90 Å². The number of aliphatic hydroxyl groups is 1. The van der Waals surface area contributed by atoms with Gasteiger partial charge in [0.25, 0.3) is 5.91 Å². The summed E-state index contributed by atoms with van der Waals surface area (Å²) >= 11 is 0. The zero-order chi connectivity index (χ0) is 23.5. The summed E-state index contributed by atoms with van der Waals surface area (Å²) < 4.78 is 10.7. The van der Waals surface area contributed by atoms with E-state index < -0.39 is 5.60 Å². The molecule has 0 unspecified atom stereocenters. The molecule has 3 heterocycles. The second-order valence-corrected chi connectivity index (χ2v) is 9.24. The van der Waals surface area contributed by atoms with Gasteiger partial charge in [0.05, 0.1) is 29.4 Å². The van der Waals surface area contributed by atoms with E-state index in [-0.39, 0.29) is 12.5 Å². The van der Waals surface area contributed by atoms with Gasteiger partial charge in [-0.15, -0.1) is 0 Å². The van der Waals surface area contributed by atoms with Gasteiger partial charge >= 0.3 is 0 Å². The molecule has 2 aliphatic rings. The van der Waals surface area contributed by atoms with Crippen molar-refractivity contribution >= 4 is 22.6 Å². The monoisotopic (exact) mass is 462 g/mol. The van der Waals surface area contributed by atoms with Crippen molar-refractivity contribution in [3.05, 3.63) is 53.7 Å². The van der Waals surface area contributed by atoms with E-state index >= 15 is 0 Å². The van der Waals surface area contributed by atoms with E-state index in [0.717, 1.165) is 60.0 Å². The topological polar surface area (TPSA) is 106 Å². The first-order chi connectivity index (χ1) is 16.5. The van der Waals surface area contributed by atoms with Crippen LogP contribution in [-0.4, -0.2) is 46.3 Å². The maximum Gasteiger partial charge on any atom is 0.262 e. The summed E-state index contributed by atoms with van der Waals surface area (Å²) in [6.45, 7) is 0.778. The Morgan fingerprint density at radius 1 is 1.24 bits per heavy atom. The number of pyridine rings is 2. The highest BCUT2D eigenvalue weighted by Crippen LogP contribution is 2.34. The Kier molecular flexibility index (Phi) is 6.34. The van der Waals surface area contributed by atoms with E-state index in [2.05, 4.69) is 20.6 Å². The quantitative estimate of drug-likeness (QED) is 0.494. The molecule has 5 rings (SSSR count). The molecule has 0 radical (unpaired) electrons. The lowest BCUT2D eigenvalue weighted by atomic mass is 9.78. The molecule has 1 aliphatic carbocycles. The van der Waals surface area contributed by atoms with Gasteiger partial charge in [0.1, 0.15) is 5.75 Å². The van der Waals surface area contributed by atoms with Crippen molar-refractivity contribution in [2.75, 3.05) is 19.0 Å². The molecular weight excluding hydrogens is 432 g/mol. The van der Waals surface area contributed by atoms with Gasteiger partial charge < -0.3 is 25.2 Å². The van der Waals surface area contributed by atoms with Gasteiger partial charge in [0, 0.05) is 24.8 Å². The number of hydrogen-bond acceptors (Lipinski definition) is 7. The molecule has 3 aromatic rings. The molecule has 0 bridgehead atoms. The van der Waals surface area contributed by atoms with Gasteiger partial charge in [-0.2, -0.15) is 0 Å². The van der Waals surface area contributed by atoms with Crippen molar-refractivity contribution in [1.82, 2.24) is 15.3 Å². The number of carbonyl (C=O) groups is 1. The number of carbonyl (C=O) groups excluding carboxylic acids is 1. The molecule has 1 saturated carbocycles. The second kappa shape index (κ2) is 9.56. The third kappa shape index (κ3) is 4.98. The van der Waals surface area contributed by atoms with Gasteiger partial charge in [-0.3, -0.25) is 9.78 Å². The summed E-state index contributed by atoms with van der Waals surface area (Å²) in [4.78, 5) is 20.5. The molecule has 0 saturated heterocycles. The van der Waals surface area contributed by atoms with Crippen molar-refractivity contribution in [3.63, 3.8) is 0 Å². The number of aromatic nitrogens is 2. The van der Waals surface area contributed by atoms with E-state index in [4.69, 9.17) is 9.47 Å². The molecular formula is C26H30N4O4. The van der Waals surface area contributed by atoms with E-state index in [1.165, 1.54) is 0 Å². The summed E-state index contributed by atoms with van der Waals surface area (Å²) in [7, 11) is 1.61. The fourth-order valence-corrected chi connectivity index (χ4v) is 4.86. The minimum absolute atomic E-state index is 0.0671. The maximum absolute atomic E-state index is 11.6. The van der Waals surface area contributed by atoms with Crippen molar-refractivity contribution in [1.29, 1.82) is 0 Å². The molecule has 1 fully saturated rings. The van der Waals surface area contributed by atoms with Crippen LogP contribution in [0.25, 0.3) is 11.0 Å². The van der Waals surface area contributed by atoms with E-state index in [0.29, 0.717) is 30.6 Å². The summed E-state index contributed by atoms with van der Waals surface area (Å²) in [5.74, 6) is 1.15. The maximum atomic E-state index is 11.6. The lowest BCUT2D eigenvalue weighted by molar-refractivity contribution is -0.118. The molecule has 178 valence electrons. The molecule has 34 heavy (non-hydrogen) atoms. The molecule has 1 aromatic carbocycles. The van der Waals surface area contributed by atoms with Gasteiger partial charge in [0.2, 0.25) is 5.88 Å². The number of ether oxygens (including phenoxy) is 2. The Balaban J connectivity index is 1.14. The van der Waals surface area contributed by atoms with E-state index in [1.54, 1.807) is 13.3 Å². The minimum Gasteiger partial charge on any atom is -0.482 e. The van der Waals surface area contributed by atoms with Crippen LogP contribution in [0.15, 0.2) is 42.6 Å². The SMILES string of the molecule is COc1ccc2nccc(CCC3(O)CCC(NCc4ccc5c(c4)NC(=O)CO5)CC3)c2n1. The second-order valence-electron chi connectivity index (χ2n) is 9.24. The number of nitrogens with one attached hydrogen (secondary N) is 2. The minimum atomic E-state index is -0.667.